The quantitative estimate of drug-likeness (QED) is 0.315. The molecule has 0 amide bonds. The highest BCUT2D eigenvalue weighted by molar-refractivity contribution is 6.29. The molecule has 0 saturated carbocycles. The second-order valence-electron chi connectivity index (χ2n) is 6.52. The molecule has 1 aliphatic heterocycles. The molecule has 1 aliphatic rings. The lowest BCUT2D eigenvalue weighted by atomic mass is 10.00. The van der Waals surface area contributed by atoms with Crippen LogP contribution in [0.15, 0.2) is 24.0 Å². The Kier molecular flexibility index (Phi) is 5.11. The van der Waals surface area contributed by atoms with Crippen molar-refractivity contribution in [3.63, 3.8) is 0 Å². The second kappa shape index (κ2) is 7.14. The molecule has 1 N–H and O–H groups in total. The van der Waals surface area contributed by atoms with Crippen LogP contribution in [0.5, 0.6) is 0 Å². The van der Waals surface area contributed by atoms with Crippen molar-refractivity contribution in [3.05, 3.63) is 61.9 Å². The molecule has 2 aromatic rings. The highest BCUT2D eigenvalue weighted by atomic mass is 35.5. The lowest BCUT2D eigenvalue weighted by Crippen LogP contribution is -2.32. The Hall–Kier alpha value is -2.95. The molecular weight excluding hydrogens is 420 g/mol. The zero-order valence-corrected chi connectivity index (χ0v) is 15.7. The fourth-order valence-corrected chi connectivity index (χ4v) is 3.16. The first-order valence-corrected chi connectivity index (χ1v) is 8.57. The van der Waals surface area contributed by atoms with Crippen LogP contribution in [0.3, 0.4) is 0 Å². The lowest BCUT2D eigenvalue weighted by Gasteiger charge is -2.32. The Labute approximate surface area is 166 Å². The van der Waals surface area contributed by atoms with Gasteiger partial charge in [-0.25, -0.2) is 9.37 Å². The smallest absolute Gasteiger partial charge is 0.418 e. The van der Waals surface area contributed by atoms with E-state index in [0.717, 1.165) is 17.2 Å². The van der Waals surface area contributed by atoms with Crippen molar-refractivity contribution < 1.29 is 27.6 Å². The summed E-state index contributed by atoms with van der Waals surface area (Å²) in [5.74, 6) is -2.83. The number of aromatic nitrogens is 2. The van der Waals surface area contributed by atoms with E-state index in [-0.39, 0.29) is 11.5 Å². The molecular formula is C17H13ClF4N4O3. The lowest BCUT2D eigenvalue weighted by molar-refractivity contribution is -0.425. The van der Waals surface area contributed by atoms with Gasteiger partial charge in [-0.05, 0) is 18.1 Å². The van der Waals surface area contributed by atoms with E-state index in [1.165, 1.54) is 0 Å². The minimum Gasteiger partial charge on any atom is -0.502 e. The zero-order chi connectivity index (χ0) is 21.7. The van der Waals surface area contributed by atoms with Gasteiger partial charge < -0.3 is 10.0 Å². The van der Waals surface area contributed by atoms with E-state index in [1.807, 2.05) is 0 Å². The average molecular weight is 433 g/mol. The monoisotopic (exact) mass is 432 g/mol. The summed E-state index contributed by atoms with van der Waals surface area (Å²) in [7, 11) is 0. The van der Waals surface area contributed by atoms with E-state index in [9.17, 15) is 32.8 Å². The van der Waals surface area contributed by atoms with Crippen molar-refractivity contribution in [3.8, 4) is 0 Å². The van der Waals surface area contributed by atoms with Gasteiger partial charge in [0.2, 0.25) is 5.76 Å². The molecule has 0 saturated heterocycles. The highest BCUT2D eigenvalue weighted by Gasteiger charge is 2.42. The molecule has 0 fully saturated rings. The fourth-order valence-electron chi connectivity index (χ4n) is 3.03. The number of alkyl halides is 3. The number of fused-ring (bicyclic) bond motifs is 1. The predicted octanol–water partition coefficient (Wildman–Crippen LogP) is 5.07. The molecule has 3 heterocycles. The molecule has 3 rings (SSSR count). The summed E-state index contributed by atoms with van der Waals surface area (Å²) in [6.07, 6.45) is -3.83. The SMILES string of the molecule is CC(C)c1nccc(C(F)(F)F)c1N1CC([N+](=O)[O-])=C(O)c2cc(F)c(Cl)nc21. The van der Waals surface area contributed by atoms with Crippen molar-refractivity contribution in [2.24, 2.45) is 0 Å². The fraction of sp³-hybridized carbons (Fsp3) is 0.294. The number of hydrogen-bond acceptors (Lipinski definition) is 6. The molecule has 12 heteroatoms. The molecule has 154 valence electrons. The minimum absolute atomic E-state index is 0.00268. The first-order valence-electron chi connectivity index (χ1n) is 8.20. The van der Waals surface area contributed by atoms with E-state index in [2.05, 4.69) is 9.97 Å². The highest BCUT2D eigenvalue weighted by Crippen LogP contribution is 2.46. The van der Waals surface area contributed by atoms with Crippen LogP contribution in [0.4, 0.5) is 29.1 Å². The van der Waals surface area contributed by atoms with Gasteiger partial charge in [0.1, 0.15) is 12.4 Å². The maximum atomic E-state index is 13.9. The number of halogens is 5. The molecule has 0 spiro atoms. The summed E-state index contributed by atoms with van der Waals surface area (Å²) in [5.41, 5.74) is -2.84. The minimum atomic E-state index is -4.82. The normalized spacial score (nSPS) is 14.4. The Morgan fingerprint density at radius 3 is 2.59 bits per heavy atom. The van der Waals surface area contributed by atoms with Gasteiger partial charge in [0.15, 0.2) is 11.0 Å². The summed E-state index contributed by atoms with van der Waals surface area (Å²) < 4.78 is 55.1. The molecule has 0 bridgehead atoms. The summed E-state index contributed by atoms with van der Waals surface area (Å²) >= 11 is 5.69. The Balaban J connectivity index is 2.39. The average Bonchev–Trinajstić information content (AvgIpc) is 2.62. The molecule has 0 unspecified atom stereocenters. The van der Waals surface area contributed by atoms with Crippen molar-refractivity contribution in [1.82, 2.24) is 9.97 Å². The maximum absolute atomic E-state index is 13.9. The number of anilines is 2. The van der Waals surface area contributed by atoms with E-state index < -0.39 is 62.8 Å². The standard InChI is InChI=1S/C17H13ClF4N4O3/c1-7(2)12-13(9(3-4-23-12)17(20,21)22)25-6-11(26(28)29)14(27)8-5-10(19)15(18)24-16(8)25/h3-5,7,27H,6H2,1-2H3. The van der Waals surface area contributed by atoms with Crippen LogP contribution in [0.1, 0.15) is 36.6 Å². The Bertz CT molecular complexity index is 1040. The molecule has 7 nitrogen and oxygen atoms in total. The summed E-state index contributed by atoms with van der Waals surface area (Å²) in [5, 5.41) is 20.9. The van der Waals surface area contributed by atoms with Crippen molar-refractivity contribution in [2.45, 2.75) is 25.9 Å². The van der Waals surface area contributed by atoms with Crippen molar-refractivity contribution in [1.29, 1.82) is 0 Å². The molecule has 0 aromatic carbocycles. The van der Waals surface area contributed by atoms with Crippen LogP contribution in [-0.2, 0) is 6.18 Å². The first-order chi connectivity index (χ1) is 13.4. The van der Waals surface area contributed by atoms with E-state index in [1.54, 1.807) is 13.8 Å². The van der Waals surface area contributed by atoms with E-state index in [0.29, 0.717) is 6.07 Å². The maximum Gasteiger partial charge on any atom is 0.418 e. The molecule has 29 heavy (non-hydrogen) atoms. The van der Waals surface area contributed by atoms with Gasteiger partial charge in [0, 0.05) is 6.20 Å². The molecule has 0 aliphatic carbocycles. The van der Waals surface area contributed by atoms with Crippen LogP contribution in [-0.4, -0.2) is 26.5 Å². The predicted molar refractivity (Wildman–Crippen MR) is 96.1 cm³/mol. The second-order valence-corrected chi connectivity index (χ2v) is 6.87. The first kappa shape index (κ1) is 20.8. The van der Waals surface area contributed by atoms with Crippen LogP contribution in [0, 0.1) is 15.9 Å². The molecule has 0 atom stereocenters. The summed E-state index contributed by atoms with van der Waals surface area (Å²) in [6.45, 7) is 2.45. The number of aliphatic hydroxyl groups excluding tert-OH is 1. The molecule has 2 aromatic heterocycles. The third-order valence-electron chi connectivity index (χ3n) is 4.30. The number of pyridine rings is 2. The summed E-state index contributed by atoms with van der Waals surface area (Å²) in [6, 6.07) is 1.42. The van der Waals surface area contributed by atoms with Gasteiger partial charge in [-0.1, -0.05) is 25.4 Å². The third kappa shape index (κ3) is 3.57. The van der Waals surface area contributed by atoms with Crippen LogP contribution < -0.4 is 4.90 Å². The van der Waals surface area contributed by atoms with Gasteiger partial charge in [0.25, 0.3) is 0 Å². The van der Waals surface area contributed by atoms with Crippen LogP contribution in [0.2, 0.25) is 5.15 Å². The summed E-state index contributed by atoms with van der Waals surface area (Å²) in [4.78, 5) is 19.1. The number of nitro groups is 1. The van der Waals surface area contributed by atoms with E-state index >= 15 is 0 Å². The van der Waals surface area contributed by atoms with Crippen molar-refractivity contribution >= 4 is 28.9 Å². The topological polar surface area (TPSA) is 92.4 Å². The van der Waals surface area contributed by atoms with Gasteiger partial charge in [-0.15, -0.1) is 0 Å². The Morgan fingerprint density at radius 1 is 1.38 bits per heavy atom. The van der Waals surface area contributed by atoms with Crippen LogP contribution in [0.25, 0.3) is 5.76 Å². The van der Waals surface area contributed by atoms with Gasteiger partial charge in [-0.3, -0.25) is 15.1 Å². The van der Waals surface area contributed by atoms with Crippen LogP contribution >= 0.6 is 11.6 Å². The van der Waals surface area contributed by atoms with Gasteiger partial charge in [0.05, 0.1) is 27.4 Å². The number of rotatable bonds is 3. The Morgan fingerprint density at radius 2 is 2.03 bits per heavy atom. The number of aliphatic hydroxyl groups is 1. The van der Waals surface area contributed by atoms with E-state index in [4.69, 9.17) is 11.6 Å². The third-order valence-corrected chi connectivity index (χ3v) is 4.57. The van der Waals surface area contributed by atoms with Gasteiger partial charge in [-0.2, -0.15) is 13.2 Å². The molecule has 0 radical (unpaired) electrons. The zero-order valence-electron chi connectivity index (χ0n) is 15.0. The largest absolute Gasteiger partial charge is 0.502 e. The van der Waals surface area contributed by atoms with Crippen molar-refractivity contribution in [2.75, 3.05) is 11.4 Å². The number of nitrogens with zero attached hydrogens (tertiary/aromatic N) is 4. The number of hydrogen-bond donors (Lipinski definition) is 1. The van der Waals surface area contributed by atoms with Gasteiger partial charge >= 0.3 is 11.9 Å².